The molecule has 0 aliphatic carbocycles. The van der Waals surface area contributed by atoms with Crippen molar-refractivity contribution in [2.24, 2.45) is 4.99 Å². The van der Waals surface area contributed by atoms with Crippen molar-refractivity contribution < 1.29 is 4.74 Å². The van der Waals surface area contributed by atoms with Crippen LogP contribution in [0, 0.1) is 6.92 Å². The lowest BCUT2D eigenvalue weighted by Gasteiger charge is -2.21. The summed E-state index contributed by atoms with van der Waals surface area (Å²) in [7, 11) is 3.57. The van der Waals surface area contributed by atoms with Crippen LogP contribution in [0.15, 0.2) is 40.7 Å². The minimum atomic E-state index is 0. The first-order valence-electron chi connectivity index (χ1n) is 8.33. The molecule has 1 N–H and O–H groups in total. The molecule has 25 heavy (non-hydrogen) atoms. The van der Waals surface area contributed by atoms with Gasteiger partial charge in [-0.3, -0.25) is 4.99 Å². The fraction of sp³-hybridized carbons (Fsp3) is 0.421. The SMILES string of the molecule is CN=C(NCc1sccc1C)N1CCC(c2ccc(OC)cc2)C1.I. The van der Waals surface area contributed by atoms with E-state index in [9.17, 15) is 0 Å². The number of hydrogen-bond acceptors (Lipinski definition) is 3. The van der Waals surface area contributed by atoms with E-state index < -0.39 is 0 Å². The van der Waals surface area contributed by atoms with E-state index in [-0.39, 0.29) is 24.0 Å². The Balaban J connectivity index is 0.00000225. The maximum atomic E-state index is 5.25. The third-order valence-corrected chi connectivity index (χ3v) is 5.69. The van der Waals surface area contributed by atoms with Crippen LogP contribution in [0.5, 0.6) is 5.75 Å². The maximum Gasteiger partial charge on any atom is 0.193 e. The highest BCUT2D eigenvalue weighted by molar-refractivity contribution is 14.0. The predicted molar refractivity (Wildman–Crippen MR) is 117 cm³/mol. The number of aliphatic imine (C=N–C) groups is 1. The third kappa shape index (κ3) is 4.88. The molecule has 0 spiro atoms. The second-order valence-corrected chi connectivity index (χ2v) is 7.13. The van der Waals surface area contributed by atoms with Crippen LogP contribution in [-0.2, 0) is 6.54 Å². The zero-order valence-electron chi connectivity index (χ0n) is 15.0. The van der Waals surface area contributed by atoms with Crippen LogP contribution in [0.1, 0.15) is 28.3 Å². The molecule has 3 rings (SSSR count). The fourth-order valence-corrected chi connectivity index (χ4v) is 4.02. The monoisotopic (exact) mass is 471 g/mol. The number of nitrogens with zero attached hydrogens (tertiary/aromatic N) is 2. The number of ether oxygens (including phenoxy) is 1. The van der Waals surface area contributed by atoms with Gasteiger partial charge < -0.3 is 15.0 Å². The molecule has 0 bridgehead atoms. The number of hydrogen-bond donors (Lipinski definition) is 1. The molecule has 1 unspecified atom stereocenters. The summed E-state index contributed by atoms with van der Waals surface area (Å²) in [6.45, 7) is 5.06. The van der Waals surface area contributed by atoms with Gasteiger partial charge in [-0.25, -0.2) is 0 Å². The van der Waals surface area contributed by atoms with Crippen molar-refractivity contribution in [1.82, 2.24) is 10.2 Å². The molecule has 6 heteroatoms. The Morgan fingerprint density at radius 1 is 1.32 bits per heavy atom. The van der Waals surface area contributed by atoms with Crippen LogP contribution in [0.4, 0.5) is 0 Å². The Bertz CT molecular complexity index is 699. The van der Waals surface area contributed by atoms with E-state index >= 15 is 0 Å². The summed E-state index contributed by atoms with van der Waals surface area (Å²) >= 11 is 1.80. The highest BCUT2D eigenvalue weighted by Gasteiger charge is 2.26. The van der Waals surface area contributed by atoms with E-state index in [2.05, 4.69) is 45.7 Å². The van der Waals surface area contributed by atoms with Gasteiger partial charge in [0.05, 0.1) is 13.7 Å². The normalized spacial score (nSPS) is 17.3. The predicted octanol–water partition coefficient (Wildman–Crippen LogP) is 4.25. The molecule has 2 aromatic rings. The summed E-state index contributed by atoms with van der Waals surface area (Å²) in [4.78, 5) is 8.21. The molecule has 0 amide bonds. The standard InChI is InChI=1S/C19H25N3OS.HI/c1-14-9-11-24-18(14)12-21-19(20-2)22-10-8-16(13-22)15-4-6-17(23-3)7-5-15;/h4-7,9,11,16H,8,10,12-13H2,1-3H3,(H,20,21);1H. The molecule has 0 radical (unpaired) electrons. The van der Waals surface area contributed by atoms with Crippen molar-refractivity contribution >= 4 is 41.3 Å². The Morgan fingerprint density at radius 2 is 2.08 bits per heavy atom. The highest BCUT2D eigenvalue weighted by Crippen LogP contribution is 2.28. The average molecular weight is 471 g/mol. The van der Waals surface area contributed by atoms with Gasteiger partial charge in [0.2, 0.25) is 0 Å². The molecule has 4 nitrogen and oxygen atoms in total. The summed E-state index contributed by atoms with van der Waals surface area (Å²) < 4.78 is 5.25. The zero-order valence-corrected chi connectivity index (χ0v) is 18.1. The molecule has 1 saturated heterocycles. The number of guanidine groups is 1. The molecule has 2 heterocycles. The topological polar surface area (TPSA) is 36.9 Å². The van der Waals surface area contributed by atoms with E-state index in [1.165, 1.54) is 16.0 Å². The molecular formula is C19H26IN3OS. The number of nitrogens with one attached hydrogen (secondary N) is 1. The second-order valence-electron chi connectivity index (χ2n) is 6.13. The summed E-state index contributed by atoms with van der Waals surface area (Å²) in [5, 5.41) is 5.65. The molecular weight excluding hydrogens is 445 g/mol. The van der Waals surface area contributed by atoms with E-state index in [1.54, 1.807) is 18.4 Å². The van der Waals surface area contributed by atoms with E-state index in [1.807, 2.05) is 19.2 Å². The molecule has 1 aliphatic rings. The molecule has 1 aliphatic heterocycles. The van der Waals surface area contributed by atoms with Crippen LogP contribution >= 0.6 is 35.3 Å². The van der Waals surface area contributed by atoms with Gasteiger partial charge >= 0.3 is 0 Å². The van der Waals surface area contributed by atoms with Crippen molar-refractivity contribution in [2.75, 3.05) is 27.2 Å². The van der Waals surface area contributed by atoms with E-state index in [0.29, 0.717) is 5.92 Å². The van der Waals surface area contributed by atoms with Crippen molar-refractivity contribution in [2.45, 2.75) is 25.8 Å². The number of benzene rings is 1. The maximum absolute atomic E-state index is 5.25. The fourth-order valence-electron chi connectivity index (χ4n) is 3.18. The lowest BCUT2D eigenvalue weighted by Crippen LogP contribution is -2.39. The van der Waals surface area contributed by atoms with Gasteiger partial charge in [0.1, 0.15) is 5.75 Å². The number of thiophene rings is 1. The van der Waals surface area contributed by atoms with Gasteiger partial charge in [-0.1, -0.05) is 12.1 Å². The van der Waals surface area contributed by atoms with Gasteiger partial charge in [0.25, 0.3) is 0 Å². The molecule has 1 aromatic heterocycles. The van der Waals surface area contributed by atoms with Crippen LogP contribution in [0.25, 0.3) is 0 Å². The van der Waals surface area contributed by atoms with Gasteiger partial charge in [-0.2, -0.15) is 0 Å². The smallest absolute Gasteiger partial charge is 0.193 e. The number of rotatable bonds is 4. The molecule has 1 fully saturated rings. The van der Waals surface area contributed by atoms with Gasteiger partial charge in [-0.15, -0.1) is 35.3 Å². The Morgan fingerprint density at radius 3 is 2.68 bits per heavy atom. The van der Waals surface area contributed by atoms with Gasteiger partial charge in [0, 0.05) is 30.9 Å². The summed E-state index contributed by atoms with van der Waals surface area (Å²) in [5.74, 6) is 2.47. The van der Waals surface area contributed by atoms with E-state index in [4.69, 9.17) is 4.74 Å². The zero-order chi connectivity index (χ0) is 16.9. The number of methoxy groups -OCH3 is 1. The number of likely N-dealkylation sites (tertiary alicyclic amines) is 1. The van der Waals surface area contributed by atoms with Crippen LogP contribution < -0.4 is 10.1 Å². The summed E-state index contributed by atoms with van der Waals surface area (Å²) in [5.41, 5.74) is 2.73. The van der Waals surface area contributed by atoms with Gasteiger partial charge in [0.15, 0.2) is 5.96 Å². The van der Waals surface area contributed by atoms with Crippen molar-refractivity contribution in [3.8, 4) is 5.75 Å². The first kappa shape index (κ1) is 20.0. The van der Waals surface area contributed by atoms with Crippen LogP contribution in [0.3, 0.4) is 0 Å². The third-order valence-electron chi connectivity index (χ3n) is 4.66. The highest BCUT2D eigenvalue weighted by atomic mass is 127. The quantitative estimate of drug-likeness (QED) is 0.412. The number of halogens is 1. The van der Waals surface area contributed by atoms with Crippen LogP contribution in [0.2, 0.25) is 0 Å². The first-order chi connectivity index (χ1) is 11.7. The molecule has 1 atom stereocenters. The molecule has 1 aromatic carbocycles. The van der Waals surface area contributed by atoms with Gasteiger partial charge in [-0.05, 0) is 48.1 Å². The van der Waals surface area contributed by atoms with Crippen molar-refractivity contribution in [3.05, 3.63) is 51.7 Å². The summed E-state index contributed by atoms with van der Waals surface area (Å²) in [6.07, 6.45) is 1.16. The van der Waals surface area contributed by atoms with Crippen molar-refractivity contribution in [1.29, 1.82) is 0 Å². The largest absolute Gasteiger partial charge is 0.497 e. The second kappa shape index (κ2) is 9.43. The number of aryl methyl sites for hydroxylation is 1. The van der Waals surface area contributed by atoms with Crippen LogP contribution in [-0.4, -0.2) is 38.1 Å². The summed E-state index contributed by atoms with van der Waals surface area (Å²) in [6, 6.07) is 10.6. The first-order valence-corrected chi connectivity index (χ1v) is 9.21. The van der Waals surface area contributed by atoms with E-state index in [0.717, 1.165) is 37.8 Å². The van der Waals surface area contributed by atoms with Crippen molar-refractivity contribution in [3.63, 3.8) is 0 Å². The minimum absolute atomic E-state index is 0. The molecule has 136 valence electrons. The Kier molecular flexibility index (Phi) is 7.56. The Labute approximate surface area is 171 Å². The minimum Gasteiger partial charge on any atom is -0.497 e. The average Bonchev–Trinajstić information content (AvgIpc) is 3.25. The lowest BCUT2D eigenvalue weighted by atomic mass is 9.98. The lowest BCUT2D eigenvalue weighted by molar-refractivity contribution is 0.414. The molecule has 0 saturated carbocycles. The Hall–Kier alpha value is -1.28.